The zero-order valence-corrected chi connectivity index (χ0v) is 11.6. The number of halogens is 1. The number of ether oxygens (including phenoxy) is 2. The third kappa shape index (κ3) is 3.53. The van der Waals surface area contributed by atoms with Crippen LogP contribution in [-0.2, 0) is 25.5 Å². The van der Waals surface area contributed by atoms with Crippen molar-refractivity contribution in [3.63, 3.8) is 0 Å². The molecular weight excluding hydrogens is 265 g/mol. The normalized spacial score (nSPS) is 10.9. The van der Waals surface area contributed by atoms with E-state index in [0.717, 1.165) is 0 Å². The number of esters is 2. The van der Waals surface area contributed by atoms with Crippen LogP contribution in [0.15, 0.2) is 24.5 Å². The lowest BCUT2D eigenvalue weighted by atomic mass is 9.83. The zero-order chi connectivity index (χ0) is 15.0. The lowest BCUT2D eigenvalue weighted by Gasteiger charge is -2.26. The summed E-state index contributed by atoms with van der Waals surface area (Å²) in [6, 6.07) is 3.31. The van der Waals surface area contributed by atoms with Gasteiger partial charge in [0.2, 0.25) is 0 Å². The van der Waals surface area contributed by atoms with Gasteiger partial charge in [-0.15, -0.1) is 0 Å². The third-order valence-corrected chi connectivity index (χ3v) is 2.79. The van der Waals surface area contributed by atoms with Crippen LogP contribution in [0.1, 0.15) is 19.4 Å². The van der Waals surface area contributed by atoms with Crippen LogP contribution in [0.3, 0.4) is 0 Å². The molecule has 0 aliphatic carbocycles. The Balaban J connectivity index is 3.10. The molecule has 0 aliphatic heterocycles. The van der Waals surface area contributed by atoms with E-state index in [1.807, 2.05) is 0 Å². The molecule has 110 valence electrons. The minimum absolute atomic E-state index is 0.0625. The average Bonchev–Trinajstić information content (AvgIpc) is 2.46. The first-order valence-corrected chi connectivity index (χ1v) is 6.40. The second kappa shape index (κ2) is 7.57. The summed E-state index contributed by atoms with van der Waals surface area (Å²) in [5.74, 6) is -1.82. The van der Waals surface area contributed by atoms with Gasteiger partial charge >= 0.3 is 11.9 Å². The second-order valence-corrected chi connectivity index (χ2v) is 4.19. The number of hydrogen-bond donors (Lipinski definition) is 0. The highest BCUT2D eigenvalue weighted by Crippen LogP contribution is 2.28. The third-order valence-electron chi connectivity index (χ3n) is 2.79. The van der Waals surface area contributed by atoms with Crippen LogP contribution in [-0.4, -0.2) is 36.8 Å². The molecule has 0 atom stereocenters. The molecule has 6 heteroatoms. The summed E-state index contributed by atoms with van der Waals surface area (Å²) in [6.07, 6.45) is 2.88. The van der Waals surface area contributed by atoms with E-state index < -0.39 is 24.0 Å². The number of hydrogen-bond acceptors (Lipinski definition) is 5. The molecule has 0 aliphatic rings. The van der Waals surface area contributed by atoms with Crippen molar-refractivity contribution in [3.8, 4) is 0 Å². The number of carbonyl (C=O) groups is 2. The fourth-order valence-electron chi connectivity index (χ4n) is 1.77. The minimum Gasteiger partial charge on any atom is -0.465 e. The standard InChI is InChI=1S/C14H18FNO4/c1-3-19-12(17)14(10-15,13(18)20-4-2)8-11-6-5-7-16-9-11/h5-7,9H,3-4,8,10H2,1-2H3. The smallest absolute Gasteiger partial charge is 0.326 e. The molecule has 1 rings (SSSR count). The fourth-order valence-corrected chi connectivity index (χ4v) is 1.77. The van der Waals surface area contributed by atoms with Gasteiger partial charge in [0.1, 0.15) is 6.67 Å². The highest BCUT2D eigenvalue weighted by molar-refractivity contribution is 6.00. The molecule has 0 N–H and O–H groups in total. The van der Waals surface area contributed by atoms with E-state index >= 15 is 0 Å². The molecule has 5 nitrogen and oxygen atoms in total. The Labute approximate surface area is 117 Å². The van der Waals surface area contributed by atoms with Gasteiger partial charge < -0.3 is 9.47 Å². The molecule has 0 saturated carbocycles. The van der Waals surface area contributed by atoms with Gasteiger partial charge in [0, 0.05) is 18.8 Å². The molecule has 0 bridgehead atoms. The van der Waals surface area contributed by atoms with Crippen molar-refractivity contribution in [2.75, 3.05) is 19.9 Å². The van der Waals surface area contributed by atoms with E-state index in [1.165, 1.54) is 6.20 Å². The van der Waals surface area contributed by atoms with Crippen molar-refractivity contribution in [1.29, 1.82) is 0 Å². The van der Waals surface area contributed by atoms with Crippen molar-refractivity contribution >= 4 is 11.9 Å². The molecule has 1 aromatic rings. The lowest BCUT2D eigenvalue weighted by Crippen LogP contribution is -2.46. The second-order valence-electron chi connectivity index (χ2n) is 4.19. The Morgan fingerprint density at radius 3 is 2.25 bits per heavy atom. The van der Waals surface area contributed by atoms with Crippen molar-refractivity contribution in [2.24, 2.45) is 5.41 Å². The van der Waals surface area contributed by atoms with Crippen molar-refractivity contribution < 1.29 is 23.5 Å². The SMILES string of the molecule is CCOC(=O)C(CF)(Cc1cccnc1)C(=O)OCC. The van der Waals surface area contributed by atoms with E-state index in [-0.39, 0.29) is 19.6 Å². The molecular formula is C14H18FNO4. The van der Waals surface area contributed by atoms with Crippen LogP contribution in [0.4, 0.5) is 4.39 Å². The Bertz CT molecular complexity index is 432. The summed E-state index contributed by atoms with van der Waals surface area (Å²) in [4.78, 5) is 28.0. The van der Waals surface area contributed by atoms with Crippen molar-refractivity contribution in [2.45, 2.75) is 20.3 Å². The first kappa shape index (κ1) is 16.1. The molecule has 1 aromatic heterocycles. The number of nitrogens with zero attached hydrogens (tertiary/aromatic N) is 1. The maximum absolute atomic E-state index is 13.5. The van der Waals surface area contributed by atoms with Crippen LogP contribution in [0.5, 0.6) is 0 Å². The van der Waals surface area contributed by atoms with E-state index in [9.17, 15) is 14.0 Å². The summed E-state index contributed by atoms with van der Waals surface area (Å²) in [5.41, 5.74) is -1.40. The number of carbonyl (C=O) groups excluding carboxylic acids is 2. The first-order valence-electron chi connectivity index (χ1n) is 6.40. The summed E-state index contributed by atoms with van der Waals surface area (Å²) < 4.78 is 23.2. The van der Waals surface area contributed by atoms with Crippen LogP contribution in [0.25, 0.3) is 0 Å². The van der Waals surface area contributed by atoms with Gasteiger partial charge in [-0.2, -0.15) is 0 Å². The highest BCUT2D eigenvalue weighted by atomic mass is 19.1. The van der Waals surface area contributed by atoms with Gasteiger partial charge in [-0.05, 0) is 25.5 Å². The van der Waals surface area contributed by atoms with Gasteiger partial charge in [-0.25, -0.2) is 4.39 Å². The van der Waals surface area contributed by atoms with E-state index in [4.69, 9.17) is 9.47 Å². The van der Waals surface area contributed by atoms with E-state index in [2.05, 4.69) is 4.98 Å². The topological polar surface area (TPSA) is 65.5 Å². The fraction of sp³-hybridized carbons (Fsp3) is 0.500. The summed E-state index contributed by atoms with van der Waals surface area (Å²) in [7, 11) is 0. The van der Waals surface area contributed by atoms with E-state index in [0.29, 0.717) is 5.56 Å². The molecule has 0 radical (unpaired) electrons. The molecule has 20 heavy (non-hydrogen) atoms. The quantitative estimate of drug-likeness (QED) is 0.563. The molecule has 0 fully saturated rings. The Morgan fingerprint density at radius 2 is 1.85 bits per heavy atom. The van der Waals surface area contributed by atoms with Crippen molar-refractivity contribution in [1.82, 2.24) is 4.98 Å². The summed E-state index contributed by atoms with van der Waals surface area (Å²) in [5, 5.41) is 0. The van der Waals surface area contributed by atoms with Gasteiger partial charge in [-0.1, -0.05) is 6.07 Å². The average molecular weight is 283 g/mol. The number of rotatable bonds is 7. The van der Waals surface area contributed by atoms with Crippen LogP contribution >= 0.6 is 0 Å². The molecule has 0 amide bonds. The summed E-state index contributed by atoms with van der Waals surface area (Å²) >= 11 is 0. The Kier molecular flexibility index (Phi) is 6.09. The van der Waals surface area contributed by atoms with Gasteiger partial charge in [0.05, 0.1) is 13.2 Å². The van der Waals surface area contributed by atoms with Gasteiger partial charge in [0.15, 0.2) is 5.41 Å². The maximum Gasteiger partial charge on any atom is 0.326 e. The number of alkyl halides is 1. The molecule has 0 unspecified atom stereocenters. The lowest BCUT2D eigenvalue weighted by molar-refractivity contribution is -0.173. The first-order chi connectivity index (χ1) is 9.60. The van der Waals surface area contributed by atoms with Gasteiger partial charge in [0.25, 0.3) is 0 Å². The van der Waals surface area contributed by atoms with Crippen LogP contribution < -0.4 is 0 Å². The van der Waals surface area contributed by atoms with Crippen molar-refractivity contribution in [3.05, 3.63) is 30.1 Å². The van der Waals surface area contributed by atoms with Gasteiger partial charge in [-0.3, -0.25) is 14.6 Å². The number of aromatic nitrogens is 1. The molecule has 0 aromatic carbocycles. The molecule has 0 spiro atoms. The minimum atomic E-state index is -1.96. The Morgan fingerprint density at radius 1 is 1.25 bits per heavy atom. The predicted molar refractivity (Wildman–Crippen MR) is 69.6 cm³/mol. The monoisotopic (exact) mass is 283 g/mol. The summed E-state index contributed by atoms with van der Waals surface area (Å²) in [6.45, 7) is 2.13. The largest absolute Gasteiger partial charge is 0.465 e. The highest BCUT2D eigenvalue weighted by Gasteiger charge is 2.49. The van der Waals surface area contributed by atoms with Crippen LogP contribution in [0, 0.1) is 5.41 Å². The van der Waals surface area contributed by atoms with Crippen LogP contribution in [0.2, 0.25) is 0 Å². The molecule has 1 heterocycles. The predicted octanol–water partition coefficient (Wildman–Crippen LogP) is 1.71. The maximum atomic E-state index is 13.5. The Hall–Kier alpha value is -1.98. The molecule has 0 saturated heterocycles. The van der Waals surface area contributed by atoms with E-state index in [1.54, 1.807) is 32.2 Å². The zero-order valence-electron chi connectivity index (χ0n) is 11.6. The number of pyridine rings is 1.